The first kappa shape index (κ1) is 14.0. The van der Waals surface area contributed by atoms with Crippen LogP contribution in [0.2, 0.25) is 0 Å². The number of carbonyl (C=O) groups excluding carboxylic acids is 1. The number of nitrogens with one attached hydrogen (secondary N) is 1. The molecule has 2 rings (SSSR count). The van der Waals surface area contributed by atoms with Crippen LogP contribution >= 0.6 is 0 Å². The number of carbonyl (C=O) groups is 1. The van der Waals surface area contributed by atoms with Gasteiger partial charge in [-0.15, -0.1) is 0 Å². The monoisotopic (exact) mass is 262 g/mol. The Bertz CT molecular complexity index is 388. The summed E-state index contributed by atoms with van der Waals surface area (Å²) < 4.78 is 5.30. The van der Waals surface area contributed by atoms with Crippen LogP contribution in [0.4, 0.5) is 0 Å². The maximum atomic E-state index is 11.9. The predicted molar refractivity (Wildman–Crippen MR) is 74.7 cm³/mol. The van der Waals surface area contributed by atoms with Crippen molar-refractivity contribution in [2.75, 3.05) is 19.8 Å². The molecule has 2 unspecified atom stereocenters. The number of hydrogen-bond donors (Lipinski definition) is 2. The molecule has 19 heavy (non-hydrogen) atoms. The minimum Gasteiger partial charge on any atom is -0.381 e. The van der Waals surface area contributed by atoms with Gasteiger partial charge in [0.05, 0.1) is 6.04 Å². The summed E-state index contributed by atoms with van der Waals surface area (Å²) in [7, 11) is 0. The van der Waals surface area contributed by atoms with E-state index in [1.54, 1.807) is 0 Å². The molecule has 4 heteroatoms. The second-order valence-corrected chi connectivity index (χ2v) is 5.11. The van der Waals surface area contributed by atoms with Gasteiger partial charge in [0.1, 0.15) is 0 Å². The Labute approximate surface area is 114 Å². The molecule has 0 aromatic heterocycles. The lowest BCUT2D eigenvalue weighted by Crippen LogP contribution is -2.42. The molecule has 1 heterocycles. The molecular formula is C15H22N2O2. The van der Waals surface area contributed by atoms with E-state index >= 15 is 0 Å². The van der Waals surface area contributed by atoms with E-state index in [4.69, 9.17) is 10.5 Å². The van der Waals surface area contributed by atoms with Gasteiger partial charge in [-0.1, -0.05) is 30.3 Å². The molecule has 1 fully saturated rings. The van der Waals surface area contributed by atoms with Crippen molar-refractivity contribution in [2.24, 2.45) is 11.7 Å². The molecule has 1 aromatic carbocycles. The van der Waals surface area contributed by atoms with E-state index < -0.39 is 6.04 Å². The third kappa shape index (κ3) is 4.65. The van der Waals surface area contributed by atoms with Crippen LogP contribution in [0, 0.1) is 5.92 Å². The standard InChI is InChI=1S/C15H22N2O2/c16-14(10-12-4-2-1-3-5-12)15(18)17-8-6-13-7-9-19-11-13/h1-5,13-14H,6-11,16H2,(H,17,18). The summed E-state index contributed by atoms with van der Waals surface area (Å²) in [4.78, 5) is 11.9. The molecule has 0 bridgehead atoms. The molecule has 1 aliphatic rings. The Balaban J connectivity index is 1.67. The molecule has 4 nitrogen and oxygen atoms in total. The van der Waals surface area contributed by atoms with Crippen LogP contribution in [0.5, 0.6) is 0 Å². The summed E-state index contributed by atoms with van der Waals surface area (Å²) in [6.07, 6.45) is 2.66. The van der Waals surface area contributed by atoms with Crippen LogP contribution in [-0.4, -0.2) is 31.7 Å². The quantitative estimate of drug-likeness (QED) is 0.807. The summed E-state index contributed by atoms with van der Waals surface area (Å²) in [6, 6.07) is 9.38. The van der Waals surface area contributed by atoms with Gasteiger partial charge in [0, 0.05) is 19.8 Å². The SMILES string of the molecule is NC(Cc1ccccc1)C(=O)NCCC1CCOC1. The van der Waals surface area contributed by atoms with Gasteiger partial charge >= 0.3 is 0 Å². The molecule has 1 aromatic rings. The fourth-order valence-electron chi connectivity index (χ4n) is 2.30. The van der Waals surface area contributed by atoms with E-state index in [0.29, 0.717) is 18.9 Å². The largest absolute Gasteiger partial charge is 0.381 e. The molecule has 1 saturated heterocycles. The van der Waals surface area contributed by atoms with Gasteiger partial charge in [0.2, 0.25) is 5.91 Å². The Kier molecular flexibility index (Phi) is 5.36. The smallest absolute Gasteiger partial charge is 0.237 e. The van der Waals surface area contributed by atoms with Crippen molar-refractivity contribution in [3.63, 3.8) is 0 Å². The summed E-state index contributed by atoms with van der Waals surface area (Å²) in [6.45, 7) is 2.37. The number of benzene rings is 1. The predicted octanol–water partition coefficient (Wildman–Crippen LogP) is 1.10. The summed E-state index contributed by atoms with van der Waals surface area (Å²) in [5.74, 6) is 0.522. The van der Waals surface area contributed by atoms with Gasteiger partial charge in [0.25, 0.3) is 0 Å². The van der Waals surface area contributed by atoms with Crippen LogP contribution in [0.25, 0.3) is 0 Å². The number of ether oxygens (including phenoxy) is 1. The Hall–Kier alpha value is -1.39. The molecule has 0 saturated carbocycles. The van der Waals surface area contributed by atoms with Gasteiger partial charge in [-0.05, 0) is 30.7 Å². The molecule has 1 amide bonds. The minimum absolute atomic E-state index is 0.0669. The molecule has 2 atom stereocenters. The fourth-order valence-corrected chi connectivity index (χ4v) is 2.30. The normalized spacial score (nSPS) is 20.2. The zero-order valence-electron chi connectivity index (χ0n) is 11.2. The maximum Gasteiger partial charge on any atom is 0.237 e. The highest BCUT2D eigenvalue weighted by molar-refractivity contribution is 5.81. The zero-order valence-corrected chi connectivity index (χ0v) is 11.2. The lowest BCUT2D eigenvalue weighted by molar-refractivity contribution is -0.122. The van der Waals surface area contributed by atoms with E-state index in [0.717, 1.165) is 31.6 Å². The molecule has 1 aliphatic heterocycles. The summed E-state index contributed by atoms with van der Waals surface area (Å²) in [5, 5.41) is 2.91. The van der Waals surface area contributed by atoms with E-state index in [1.807, 2.05) is 30.3 Å². The van der Waals surface area contributed by atoms with Gasteiger partial charge < -0.3 is 15.8 Å². The molecule has 0 spiro atoms. The second kappa shape index (κ2) is 7.26. The molecule has 0 radical (unpaired) electrons. The van der Waals surface area contributed by atoms with Gasteiger partial charge in [-0.3, -0.25) is 4.79 Å². The zero-order chi connectivity index (χ0) is 13.5. The van der Waals surface area contributed by atoms with Crippen molar-refractivity contribution in [3.8, 4) is 0 Å². The van der Waals surface area contributed by atoms with Gasteiger partial charge in [-0.25, -0.2) is 0 Å². The lowest BCUT2D eigenvalue weighted by Gasteiger charge is -2.13. The van der Waals surface area contributed by atoms with Gasteiger partial charge in [0.15, 0.2) is 0 Å². The first-order valence-electron chi connectivity index (χ1n) is 6.90. The summed E-state index contributed by atoms with van der Waals surface area (Å²) in [5.41, 5.74) is 7.00. The number of amides is 1. The Morgan fingerprint density at radius 1 is 1.42 bits per heavy atom. The van der Waals surface area contributed by atoms with Crippen LogP contribution in [-0.2, 0) is 16.0 Å². The topological polar surface area (TPSA) is 64.4 Å². The number of hydrogen-bond acceptors (Lipinski definition) is 3. The highest BCUT2D eigenvalue weighted by Gasteiger charge is 2.17. The van der Waals surface area contributed by atoms with Crippen LogP contribution in [0.3, 0.4) is 0 Å². The summed E-state index contributed by atoms with van der Waals surface area (Å²) >= 11 is 0. The third-order valence-electron chi connectivity index (χ3n) is 3.51. The van der Waals surface area contributed by atoms with Crippen LogP contribution < -0.4 is 11.1 Å². The van der Waals surface area contributed by atoms with E-state index in [1.165, 1.54) is 0 Å². The van der Waals surface area contributed by atoms with Crippen LogP contribution in [0.1, 0.15) is 18.4 Å². The first-order valence-corrected chi connectivity index (χ1v) is 6.90. The van der Waals surface area contributed by atoms with Crippen molar-refractivity contribution >= 4 is 5.91 Å². The van der Waals surface area contributed by atoms with Crippen molar-refractivity contribution in [3.05, 3.63) is 35.9 Å². The molecule has 3 N–H and O–H groups in total. The van der Waals surface area contributed by atoms with E-state index in [9.17, 15) is 4.79 Å². The van der Waals surface area contributed by atoms with Crippen molar-refractivity contribution in [2.45, 2.75) is 25.3 Å². The number of rotatable bonds is 6. The van der Waals surface area contributed by atoms with Crippen molar-refractivity contribution < 1.29 is 9.53 Å². The Morgan fingerprint density at radius 3 is 2.89 bits per heavy atom. The lowest BCUT2D eigenvalue weighted by atomic mass is 10.0. The molecule has 0 aliphatic carbocycles. The molecule has 104 valence electrons. The highest BCUT2D eigenvalue weighted by atomic mass is 16.5. The fraction of sp³-hybridized carbons (Fsp3) is 0.533. The minimum atomic E-state index is -0.470. The Morgan fingerprint density at radius 2 is 2.21 bits per heavy atom. The average molecular weight is 262 g/mol. The average Bonchev–Trinajstić information content (AvgIpc) is 2.93. The molecular weight excluding hydrogens is 240 g/mol. The van der Waals surface area contributed by atoms with Gasteiger partial charge in [-0.2, -0.15) is 0 Å². The highest BCUT2D eigenvalue weighted by Crippen LogP contribution is 2.15. The first-order chi connectivity index (χ1) is 9.25. The second-order valence-electron chi connectivity index (χ2n) is 5.11. The van der Waals surface area contributed by atoms with Crippen LogP contribution in [0.15, 0.2) is 30.3 Å². The number of nitrogens with two attached hydrogens (primary N) is 1. The third-order valence-corrected chi connectivity index (χ3v) is 3.51. The maximum absolute atomic E-state index is 11.9. The van der Waals surface area contributed by atoms with E-state index in [-0.39, 0.29) is 5.91 Å². The van der Waals surface area contributed by atoms with Crippen molar-refractivity contribution in [1.29, 1.82) is 0 Å². The van der Waals surface area contributed by atoms with Crippen molar-refractivity contribution in [1.82, 2.24) is 5.32 Å². The van der Waals surface area contributed by atoms with E-state index in [2.05, 4.69) is 5.32 Å².